The van der Waals surface area contributed by atoms with Gasteiger partial charge in [-0.25, -0.2) is 9.97 Å². The van der Waals surface area contributed by atoms with Crippen LogP contribution in [0.4, 0.5) is 5.82 Å². The van der Waals surface area contributed by atoms with Gasteiger partial charge in [0.1, 0.15) is 17.7 Å². The Morgan fingerprint density at radius 3 is 2.79 bits per heavy atom. The van der Waals surface area contributed by atoms with E-state index in [-0.39, 0.29) is 0 Å². The van der Waals surface area contributed by atoms with Crippen LogP contribution >= 0.6 is 0 Å². The van der Waals surface area contributed by atoms with E-state index in [4.69, 9.17) is 5.26 Å². The monoisotopic (exact) mass is 255 g/mol. The maximum Gasteiger partial charge on any atom is 0.128 e. The number of aromatic nitrogens is 3. The van der Waals surface area contributed by atoms with Gasteiger partial charge >= 0.3 is 0 Å². The summed E-state index contributed by atoms with van der Waals surface area (Å²) in [4.78, 5) is 10.6. The molecule has 2 rings (SSSR count). The minimum Gasteiger partial charge on any atom is -0.360 e. The molecule has 0 bridgehead atoms. The van der Waals surface area contributed by atoms with Gasteiger partial charge in [-0.1, -0.05) is 0 Å². The molecule has 0 N–H and O–H groups in total. The molecule has 0 spiro atoms. The molecule has 0 aliphatic rings. The Labute approximate surface area is 113 Å². The third-order valence-corrected chi connectivity index (χ3v) is 3.08. The van der Waals surface area contributed by atoms with Crippen molar-refractivity contribution >= 4 is 5.82 Å². The van der Waals surface area contributed by atoms with Gasteiger partial charge in [0.05, 0.1) is 5.56 Å². The zero-order chi connectivity index (χ0) is 13.7. The summed E-state index contributed by atoms with van der Waals surface area (Å²) in [5.41, 5.74) is 0.589. The first-order valence-corrected chi connectivity index (χ1v) is 6.25. The summed E-state index contributed by atoms with van der Waals surface area (Å²) in [6, 6.07) is 5.74. The van der Waals surface area contributed by atoms with Crippen molar-refractivity contribution in [3.8, 4) is 6.07 Å². The van der Waals surface area contributed by atoms with E-state index in [1.54, 1.807) is 12.3 Å². The van der Waals surface area contributed by atoms with E-state index in [1.807, 2.05) is 32.4 Å². The van der Waals surface area contributed by atoms with E-state index in [2.05, 4.69) is 25.5 Å². The third kappa shape index (κ3) is 3.32. The van der Waals surface area contributed by atoms with Crippen LogP contribution in [0.15, 0.2) is 30.7 Å². The predicted molar refractivity (Wildman–Crippen MR) is 73.8 cm³/mol. The molecule has 98 valence electrons. The lowest BCUT2D eigenvalue weighted by Gasteiger charge is -2.18. The molecule has 0 unspecified atom stereocenters. The standard InChI is InChI=1S/C14H17N5/c1-12-16-6-9-19(12)8-3-7-18(2)14-5-4-13(10-15)11-17-14/h4-6,9,11H,3,7-8H2,1-2H3. The molecule has 0 aliphatic carbocycles. The van der Waals surface area contributed by atoms with E-state index >= 15 is 0 Å². The predicted octanol–water partition coefficient (Wildman–Crippen LogP) is 1.98. The Balaban J connectivity index is 1.85. The highest BCUT2D eigenvalue weighted by molar-refractivity contribution is 5.40. The zero-order valence-electron chi connectivity index (χ0n) is 11.2. The van der Waals surface area contributed by atoms with Crippen LogP contribution in [0.25, 0.3) is 0 Å². The Bertz CT molecular complexity index is 564. The van der Waals surface area contributed by atoms with E-state index in [0.717, 1.165) is 31.2 Å². The lowest BCUT2D eigenvalue weighted by atomic mass is 10.3. The number of aryl methyl sites for hydroxylation is 2. The molecule has 0 amide bonds. The minimum atomic E-state index is 0.589. The van der Waals surface area contributed by atoms with Crippen molar-refractivity contribution in [3.63, 3.8) is 0 Å². The van der Waals surface area contributed by atoms with Crippen molar-refractivity contribution in [2.75, 3.05) is 18.5 Å². The van der Waals surface area contributed by atoms with Crippen molar-refractivity contribution < 1.29 is 0 Å². The smallest absolute Gasteiger partial charge is 0.128 e. The van der Waals surface area contributed by atoms with Gasteiger partial charge in [0.15, 0.2) is 0 Å². The van der Waals surface area contributed by atoms with Gasteiger partial charge in [-0.15, -0.1) is 0 Å². The molecule has 2 aromatic rings. The third-order valence-electron chi connectivity index (χ3n) is 3.08. The molecule has 5 heteroatoms. The van der Waals surface area contributed by atoms with Gasteiger partial charge < -0.3 is 9.47 Å². The molecule has 2 aromatic heterocycles. The fourth-order valence-electron chi connectivity index (χ4n) is 1.91. The second-order valence-electron chi connectivity index (χ2n) is 4.46. The molecule has 0 radical (unpaired) electrons. The van der Waals surface area contributed by atoms with Gasteiger partial charge in [-0.05, 0) is 25.5 Å². The first-order chi connectivity index (χ1) is 9.20. The van der Waals surface area contributed by atoms with Crippen LogP contribution < -0.4 is 4.90 Å². The normalized spacial score (nSPS) is 10.2. The van der Waals surface area contributed by atoms with Gasteiger partial charge in [0.2, 0.25) is 0 Å². The van der Waals surface area contributed by atoms with Crippen LogP contribution in [-0.4, -0.2) is 28.1 Å². The first-order valence-electron chi connectivity index (χ1n) is 6.25. The SMILES string of the molecule is Cc1nccn1CCCN(C)c1ccc(C#N)cn1. The van der Waals surface area contributed by atoms with Crippen molar-refractivity contribution in [1.29, 1.82) is 5.26 Å². The number of hydrogen-bond acceptors (Lipinski definition) is 4. The maximum absolute atomic E-state index is 8.73. The summed E-state index contributed by atoms with van der Waals surface area (Å²) in [6.07, 6.45) is 6.44. The Hall–Kier alpha value is -2.35. The van der Waals surface area contributed by atoms with Crippen LogP contribution in [0.5, 0.6) is 0 Å². The molecule has 0 aliphatic heterocycles. The minimum absolute atomic E-state index is 0.589. The number of rotatable bonds is 5. The Morgan fingerprint density at radius 2 is 2.21 bits per heavy atom. The molecule has 0 atom stereocenters. The van der Waals surface area contributed by atoms with E-state index in [1.165, 1.54) is 0 Å². The lowest BCUT2D eigenvalue weighted by molar-refractivity contribution is 0.621. The molecule has 2 heterocycles. The number of nitrogens with zero attached hydrogens (tertiary/aromatic N) is 5. The fourth-order valence-corrected chi connectivity index (χ4v) is 1.91. The highest BCUT2D eigenvalue weighted by Gasteiger charge is 2.03. The number of anilines is 1. The van der Waals surface area contributed by atoms with Crippen molar-refractivity contribution in [3.05, 3.63) is 42.1 Å². The van der Waals surface area contributed by atoms with Gasteiger partial charge in [0.25, 0.3) is 0 Å². The zero-order valence-corrected chi connectivity index (χ0v) is 11.2. The van der Waals surface area contributed by atoms with E-state index in [0.29, 0.717) is 5.56 Å². The summed E-state index contributed by atoms with van der Waals surface area (Å²) >= 11 is 0. The largest absolute Gasteiger partial charge is 0.360 e. The molecular formula is C14H17N5. The maximum atomic E-state index is 8.73. The van der Waals surface area contributed by atoms with Crippen molar-refractivity contribution in [2.45, 2.75) is 19.9 Å². The van der Waals surface area contributed by atoms with Crippen LogP contribution in [0.1, 0.15) is 17.8 Å². The lowest BCUT2D eigenvalue weighted by Crippen LogP contribution is -2.21. The van der Waals surface area contributed by atoms with E-state index in [9.17, 15) is 0 Å². The van der Waals surface area contributed by atoms with Crippen LogP contribution in [0.3, 0.4) is 0 Å². The molecule has 19 heavy (non-hydrogen) atoms. The van der Waals surface area contributed by atoms with Crippen LogP contribution in [0.2, 0.25) is 0 Å². The Morgan fingerprint density at radius 1 is 1.37 bits per heavy atom. The van der Waals surface area contributed by atoms with Gasteiger partial charge in [-0.2, -0.15) is 5.26 Å². The molecule has 0 saturated carbocycles. The van der Waals surface area contributed by atoms with Crippen LogP contribution in [-0.2, 0) is 6.54 Å². The first kappa shape index (κ1) is 13.1. The quantitative estimate of drug-likeness (QED) is 0.819. The fraction of sp³-hybridized carbons (Fsp3) is 0.357. The molecule has 0 aromatic carbocycles. The number of nitriles is 1. The van der Waals surface area contributed by atoms with E-state index < -0.39 is 0 Å². The highest BCUT2D eigenvalue weighted by Crippen LogP contribution is 2.10. The summed E-state index contributed by atoms with van der Waals surface area (Å²) in [5, 5.41) is 8.73. The van der Waals surface area contributed by atoms with Crippen molar-refractivity contribution in [2.24, 2.45) is 0 Å². The average Bonchev–Trinajstić information content (AvgIpc) is 2.84. The summed E-state index contributed by atoms with van der Waals surface area (Å²) < 4.78 is 2.14. The molecule has 0 saturated heterocycles. The average molecular weight is 255 g/mol. The molecular weight excluding hydrogens is 238 g/mol. The second kappa shape index (κ2) is 6.01. The second-order valence-corrected chi connectivity index (χ2v) is 4.46. The molecule has 0 fully saturated rings. The topological polar surface area (TPSA) is 57.7 Å². The van der Waals surface area contributed by atoms with Gasteiger partial charge in [-0.3, -0.25) is 0 Å². The van der Waals surface area contributed by atoms with Crippen molar-refractivity contribution in [1.82, 2.24) is 14.5 Å². The summed E-state index contributed by atoms with van der Waals surface area (Å²) in [5.74, 6) is 1.93. The number of hydrogen-bond donors (Lipinski definition) is 0. The highest BCUT2D eigenvalue weighted by atomic mass is 15.2. The summed E-state index contributed by atoms with van der Waals surface area (Å²) in [6.45, 7) is 3.87. The number of imidazole rings is 1. The van der Waals surface area contributed by atoms with Crippen LogP contribution in [0, 0.1) is 18.3 Å². The number of pyridine rings is 1. The van der Waals surface area contributed by atoms with Gasteiger partial charge in [0, 0.05) is 38.7 Å². The Kier molecular flexibility index (Phi) is 4.14. The molecule has 5 nitrogen and oxygen atoms in total. The summed E-state index contributed by atoms with van der Waals surface area (Å²) in [7, 11) is 2.01.